The second kappa shape index (κ2) is 6.69. The van der Waals surface area contributed by atoms with Crippen molar-refractivity contribution < 1.29 is 9.50 Å². The molecule has 0 radical (unpaired) electrons. The molecule has 0 saturated heterocycles. The summed E-state index contributed by atoms with van der Waals surface area (Å²) in [6, 6.07) is 9.22. The fourth-order valence-corrected chi connectivity index (χ4v) is 1.79. The fourth-order valence-electron chi connectivity index (χ4n) is 1.79. The number of pyridine rings is 1. The van der Waals surface area contributed by atoms with E-state index in [2.05, 4.69) is 11.8 Å². The van der Waals surface area contributed by atoms with Gasteiger partial charge in [-0.05, 0) is 23.8 Å². The summed E-state index contributed by atoms with van der Waals surface area (Å²) in [5, 5.41) is 8.72. The molecule has 4 heteroatoms. The lowest BCUT2D eigenvalue weighted by Crippen LogP contribution is -2.18. The highest BCUT2D eigenvalue weighted by molar-refractivity contribution is 5.42. The maximum atomic E-state index is 13.3. The van der Waals surface area contributed by atoms with Gasteiger partial charge in [0.1, 0.15) is 5.82 Å². The first-order valence-electron chi connectivity index (χ1n) is 6.24. The molecule has 3 nitrogen and oxygen atoms in total. The maximum absolute atomic E-state index is 13.3. The second-order valence-electron chi connectivity index (χ2n) is 4.24. The predicted octanol–water partition coefficient (Wildman–Crippen LogP) is 1.77. The minimum Gasteiger partial charge on any atom is -0.395 e. The Morgan fingerprint density at radius 1 is 1.25 bits per heavy atom. The number of aliphatic hydroxyl groups excluding tert-OH is 1. The van der Waals surface area contributed by atoms with Crippen molar-refractivity contribution in [3.05, 3.63) is 69.9 Å². The molecule has 0 atom stereocenters. The minimum absolute atomic E-state index is 0.0320. The van der Waals surface area contributed by atoms with Gasteiger partial charge in [-0.15, -0.1) is 0 Å². The Bertz CT molecular complexity index is 710. The van der Waals surface area contributed by atoms with Crippen LogP contribution in [0.2, 0.25) is 0 Å². The first-order chi connectivity index (χ1) is 9.70. The van der Waals surface area contributed by atoms with Crippen molar-refractivity contribution in [2.24, 2.45) is 0 Å². The number of nitrogens with zero attached hydrogens (tertiary/aromatic N) is 1. The van der Waals surface area contributed by atoms with Crippen LogP contribution in [0.15, 0.2) is 47.4 Å². The average molecular weight is 271 g/mol. The molecule has 102 valence electrons. The van der Waals surface area contributed by atoms with E-state index in [9.17, 15) is 9.18 Å². The molecule has 0 aliphatic heterocycles. The first kappa shape index (κ1) is 14.0. The largest absolute Gasteiger partial charge is 0.395 e. The van der Waals surface area contributed by atoms with E-state index < -0.39 is 0 Å². The summed E-state index contributed by atoms with van der Waals surface area (Å²) in [6.45, 7) is 0.304. The van der Waals surface area contributed by atoms with Crippen LogP contribution in [0.1, 0.15) is 17.5 Å². The Balaban J connectivity index is 2.35. The number of aromatic nitrogens is 1. The van der Waals surface area contributed by atoms with Gasteiger partial charge in [0.2, 0.25) is 0 Å². The van der Waals surface area contributed by atoms with Gasteiger partial charge in [-0.1, -0.05) is 24.0 Å². The van der Waals surface area contributed by atoms with Crippen molar-refractivity contribution in [3.8, 4) is 11.8 Å². The lowest BCUT2D eigenvalue weighted by Gasteiger charge is -2.07. The molecule has 0 bridgehead atoms. The topological polar surface area (TPSA) is 42.2 Å². The van der Waals surface area contributed by atoms with E-state index in [0.717, 1.165) is 5.56 Å². The SMILES string of the molecule is O=c1ccccn1Cc1ccc(F)cc1C#CCCO. The predicted molar refractivity (Wildman–Crippen MR) is 74.8 cm³/mol. The van der Waals surface area contributed by atoms with Gasteiger partial charge in [0, 0.05) is 24.2 Å². The van der Waals surface area contributed by atoms with Crippen LogP contribution in [0.3, 0.4) is 0 Å². The molecule has 1 aromatic carbocycles. The zero-order valence-electron chi connectivity index (χ0n) is 10.8. The van der Waals surface area contributed by atoms with Crippen LogP contribution in [0, 0.1) is 17.7 Å². The number of benzene rings is 1. The molecular formula is C16H14FNO2. The Hall–Kier alpha value is -2.38. The monoisotopic (exact) mass is 271 g/mol. The van der Waals surface area contributed by atoms with Gasteiger partial charge in [-0.3, -0.25) is 4.79 Å². The molecule has 0 aliphatic carbocycles. The maximum Gasteiger partial charge on any atom is 0.250 e. The Morgan fingerprint density at radius 3 is 2.85 bits per heavy atom. The Kier molecular flexibility index (Phi) is 4.70. The summed E-state index contributed by atoms with van der Waals surface area (Å²) >= 11 is 0. The zero-order valence-corrected chi connectivity index (χ0v) is 10.8. The van der Waals surface area contributed by atoms with Gasteiger partial charge < -0.3 is 9.67 Å². The highest BCUT2D eigenvalue weighted by atomic mass is 19.1. The number of rotatable bonds is 3. The molecule has 1 aromatic heterocycles. The molecule has 2 rings (SSSR count). The lowest BCUT2D eigenvalue weighted by molar-refractivity contribution is 0.305. The highest BCUT2D eigenvalue weighted by Crippen LogP contribution is 2.11. The molecule has 0 aliphatic rings. The third-order valence-electron chi connectivity index (χ3n) is 2.77. The van der Waals surface area contributed by atoms with Gasteiger partial charge in [0.25, 0.3) is 5.56 Å². The van der Waals surface area contributed by atoms with Crippen LogP contribution in [0.5, 0.6) is 0 Å². The van der Waals surface area contributed by atoms with Crippen LogP contribution in [0.4, 0.5) is 4.39 Å². The quantitative estimate of drug-likeness (QED) is 0.864. The van der Waals surface area contributed by atoms with Crippen molar-refractivity contribution in [2.75, 3.05) is 6.61 Å². The number of aliphatic hydroxyl groups is 1. The Morgan fingerprint density at radius 2 is 2.10 bits per heavy atom. The van der Waals surface area contributed by atoms with Crippen LogP contribution >= 0.6 is 0 Å². The molecule has 20 heavy (non-hydrogen) atoms. The van der Waals surface area contributed by atoms with E-state index >= 15 is 0 Å². The smallest absolute Gasteiger partial charge is 0.250 e. The summed E-state index contributed by atoms with van der Waals surface area (Å²) < 4.78 is 14.8. The summed E-state index contributed by atoms with van der Waals surface area (Å²) in [5.74, 6) is 5.22. The van der Waals surface area contributed by atoms with Gasteiger partial charge in [-0.2, -0.15) is 0 Å². The van der Waals surface area contributed by atoms with E-state index in [0.29, 0.717) is 18.5 Å². The summed E-state index contributed by atoms with van der Waals surface area (Å²) in [4.78, 5) is 11.7. The van der Waals surface area contributed by atoms with Crippen LogP contribution < -0.4 is 5.56 Å². The van der Waals surface area contributed by atoms with Crippen molar-refractivity contribution in [1.29, 1.82) is 0 Å². The molecule has 0 spiro atoms. The fraction of sp³-hybridized carbons (Fsp3) is 0.188. The van der Waals surface area contributed by atoms with E-state index in [1.807, 2.05) is 0 Å². The highest BCUT2D eigenvalue weighted by Gasteiger charge is 2.04. The van der Waals surface area contributed by atoms with Crippen LogP contribution in [-0.2, 0) is 6.54 Å². The normalized spacial score (nSPS) is 9.90. The third kappa shape index (κ3) is 3.56. The number of hydrogen-bond donors (Lipinski definition) is 1. The van der Waals surface area contributed by atoms with Crippen molar-refractivity contribution in [3.63, 3.8) is 0 Å². The van der Waals surface area contributed by atoms with Crippen molar-refractivity contribution in [1.82, 2.24) is 4.57 Å². The second-order valence-corrected chi connectivity index (χ2v) is 4.24. The van der Waals surface area contributed by atoms with Crippen molar-refractivity contribution >= 4 is 0 Å². The molecule has 0 saturated carbocycles. The Labute approximate surface area is 116 Å². The summed E-state index contributed by atoms with van der Waals surface area (Å²) in [7, 11) is 0. The molecular weight excluding hydrogens is 257 g/mol. The average Bonchev–Trinajstić information content (AvgIpc) is 2.44. The summed E-state index contributed by atoms with van der Waals surface area (Å²) in [5.41, 5.74) is 1.19. The molecule has 0 amide bonds. The first-order valence-corrected chi connectivity index (χ1v) is 6.24. The van der Waals surface area contributed by atoms with Crippen LogP contribution in [0.25, 0.3) is 0 Å². The third-order valence-corrected chi connectivity index (χ3v) is 2.77. The number of hydrogen-bond acceptors (Lipinski definition) is 2. The van der Waals surface area contributed by atoms with E-state index in [1.165, 1.54) is 22.8 Å². The van der Waals surface area contributed by atoms with E-state index in [4.69, 9.17) is 5.11 Å². The van der Waals surface area contributed by atoms with Gasteiger partial charge in [0.05, 0.1) is 13.2 Å². The lowest BCUT2D eigenvalue weighted by atomic mass is 10.1. The molecule has 1 heterocycles. The molecule has 1 N–H and O–H groups in total. The number of halogens is 1. The molecule has 0 fully saturated rings. The van der Waals surface area contributed by atoms with Crippen LogP contribution in [-0.4, -0.2) is 16.3 Å². The van der Waals surface area contributed by atoms with Crippen molar-refractivity contribution in [2.45, 2.75) is 13.0 Å². The van der Waals surface area contributed by atoms with Gasteiger partial charge in [-0.25, -0.2) is 4.39 Å². The molecule has 2 aromatic rings. The van der Waals surface area contributed by atoms with Gasteiger partial charge in [0.15, 0.2) is 0 Å². The molecule has 0 unspecified atom stereocenters. The van der Waals surface area contributed by atoms with E-state index in [-0.39, 0.29) is 18.0 Å². The standard InChI is InChI=1S/C16H14FNO2/c17-15-8-7-14(13(11-15)5-2-4-10-19)12-18-9-3-1-6-16(18)20/h1,3,6-9,11,19H,4,10,12H2. The van der Waals surface area contributed by atoms with Gasteiger partial charge >= 0.3 is 0 Å². The zero-order chi connectivity index (χ0) is 14.4. The minimum atomic E-state index is -0.373. The summed E-state index contributed by atoms with van der Waals surface area (Å²) in [6.07, 6.45) is 2.01. The van der Waals surface area contributed by atoms with E-state index in [1.54, 1.807) is 24.4 Å².